The Bertz CT molecular complexity index is 318. The fourth-order valence-corrected chi connectivity index (χ4v) is 2.36. The van der Waals surface area contributed by atoms with E-state index in [-0.39, 0.29) is 6.10 Å². The van der Waals surface area contributed by atoms with E-state index < -0.39 is 0 Å². The third-order valence-electron chi connectivity index (χ3n) is 3.46. The number of aromatic nitrogens is 2. The molecule has 16 heavy (non-hydrogen) atoms. The maximum atomic E-state index is 10.1. The molecular formula is C12H21N3O. The molecular weight excluding hydrogens is 202 g/mol. The average molecular weight is 223 g/mol. The first kappa shape index (κ1) is 11.6. The zero-order valence-corrected chi connectivity index (χ0v) is 9.89. The normalized spacial score (nSPS) is 23.2. The number of nitrogens with zero attached hydrogens (tertiary/aromatic N) is 2. The number of nitrogens with one attached hydrogen (secondary N) is 1. The van der Waals surface area contributed by atoms with E-state index in [1.54, 1.807) is 0 Å². The molecule has 4 heteroatoms. The maximum Gasteiger partial charge on any atom is 0.108 e. The molecule has 2 N–H and O–H groups in total. The van der Waals surface area contributed by atoms with Gasteiger partial charge in [0, 0.05) is 32.4 Å². The Hall–Kier alpha value is -0.870. The highest BCUT2D eigenvalue weighted by Gasteiger charge is 2.21. The highest BCUT2D eigenvalue weighted by Crippen LogP contribution is 2.18. The van der Waals surface area contributed by atoms with Gasteiger partial charge in [0.2, 0.25) is 0 Å². The number of piperidine rings is 1. The summed E-state index contributed by atoms with van der Waals surface area (Å²) in [5, 5.41) is 13.4. The first-order valence-corrected chi connectivity index (χ1v) is 6.12. The van der Waals surface area contributed by atoms with Gasteiger partial charge in [0.25, 0.3) is 0 Å². The molecule has 0 amide bonds. The van der Waals surface area contributed by atoms with Crippen LogP contribution >= 0.6 is 0 Å². The van der Waals surface area contributed by atoms with Gasteiger partial charge in [-0.1, -0.05) is 0 Å². The van der Waals surface area contributed by atoms with E-state index in [1.165, 1.54) is 6.42 Å². The summed E-state index contributed by atoms with van der Waals surface area (Å²) in [4.78, 5) is 4.27. The third kappa shape index (κ3) is 2.83. The van der Waals surface area contributed by atoms with E-state index in [9.17, 15) is 5.11 Å². The van der Waals surface area contributed by atoms with Gasteiger partial charge in [0.05, 0.1) is 6.10 Å². The minimum absolute atomic E-state index is 0.190. The summed E-state index contributed by atoms with van der Waals surface area (Å²) >= 11 is 0. The fraction of sp³-hybridized carbons (Fsp3) is 0.750. The molecule has 2 unspecified atom stereocenters. The lowest BCUT2D eigenvalue weighted by atomic mass is 9.91. The molecule has 0 spiro atoms. The van der Waals surface area contributed by atoms with Crippen LogP contribution in [0.25, 0.3) is 0 Å². The van der Waals surface area contributed by atoms with Gasteiger partial charge in [0.15, 0.2) is 0 Å². The van der Waals surface area contributed by atoms with Gasteiger partial charge in [-0.05, 0) is 31.7 Å². The smallest absolute Gasteiger partial charge is 0.108 e. The molecule has 0 saturated carbocycles. The average Bonchev–Trinajstić information content (AvgIpc) is 2.73. The number of rotatable bonds is 4. The van der Waals surface area contributed by atoms with Crippen LogP contribution in [0.15, 0.2) is 12.4 Å². The molecule has 0 aliphatic carbocycles. The SMILES string of the molecule is Cn1ccnc1CCC(O)C1CCCNC1. The van der Waals surface area contributed by atoms with Crippen molar-refractivity contribution < 1.29 is 5.11 Å². The molecule has 1 fully saturated rings. The summed E-state index contributed by atoms with van der Waals surface area (Å²) in [6.45, 7) is 2.06. The quantitative estimate of drug-likeness (QED) is 0.790. The largest absolute Gasteiger partial charge is 0.393 e. The van der Waals surface area contributed by atoms with Crippen molar-refractivity contribution in [2.75, 3.05) is 13.1 Å². The minimum Gasteiger partial charge on any atom is -0.393 e. The van der Waals surface area contributed by atoms with Crippen LogP contribution in [0.5, 0.6) is 0 Å². The predicted molar refractivity (Wildman–Crippen MR) is 63.1 cm³/mol. The number of aryl methyl sites for hydroxylation is 2. The fourth-order valence-electron chi connectivity index (χ4n) is 2.36. The molecule has 1 saturated heterocycles. The molecule has 1 aromatic heterocycles. The van der Waals surface area contributed by atoms with Crippen molar-refractivity contribution in [2.45, 2.75) is 31.8 Å². The lowest BCUT2D eigenvalue weighted by molar-refractivity contribution is 0.0838. The Labute approximate surface area is 96.7 Å². The van der Waals surface area contributed by atoms with Gasteiger partial charge in [-0.3, -0.25) is 0 Å². The highest BCUT2D eigenvalue weighted by molar-refractivity contribution is 4.92. The molecule has 2 atom stereocenters. The van der Waals surface area contributed by atoms with Crippen molar-refractivity contribution in [1.82, 2.24) is 14.9 Å². The maximum absolute atomic E-state index is 10.1. The van der Waals surface area contributed by atoms with Crippen molar-refractivity contribution in [1.29, 1.82) is 0 Å². The van der Waals surface area contributed by atoms with Crippen molar-refractivity contribution in [3.63, 3.8) is 0 Å². The van der Waals surface area contributed by atoms with Crippen LogP contribution in [-0.2, 0) is 13.5 Å². The number of hydrogen-bond acceptors (Lipinski definition) is 3. The number of imidazole rings is 1. The van der Waals surface area contributed by atoms with Crippen LogP contribution in [0.2, 0.25) is 0 Å². The molecule has 0 bridgehead atoms. The second-order valence-corrected chi connectivity index (χ2v) is 4.67. The topological polar surface area (TPSA) is 50.1 Å². The van der Waals surface area contributed by atoms with Crippen molar-refractivity contribution in [3.8, 4) is 0 Å². The molecule has 0 radical (unpaired) electrons. The van der Waals surface area contributed by atoms with Gasteiger partial charge in [0.1, 0.15) is 5.82 Å². The first-order chi connectivity index (χ1) is 7.77. The van der Waals surface area contributed by atoms with Crippen LogP contribution in [0, 0.1) is 5.92 Å². The summed E-state index contributed by atoms with van der Waals surface area (Å²) in [6, 6.07) is 0. The zero-order valence-electron chi connectivity index (χ0n) is 9.89. The van der Waals surface area contributed by atoms with Crippen LogP contribution in [0.3, 0.4) is 0 Å². The molecule has 1 aliphatic rings. The van der Waals surface area contributed by atoms with Crippen LogP contribution in [0.1, 0.15) is 25.1 Å². The highest BCUT2D eigenvalue weighted by atomic mass is 16.3. The zero-order chi connectivity index (χ0) is 11.4. The monoisotopic (exact) mass is 223 g/mol. The van der Waals surface area contributed by atoms with E-state index in [2.05, 4.69) is 10.3 Å². The van der Waals surface area contributed by atoms with E-state index in [0.717, 1.165) is 38.2 Å². The summed E-state index contributed by atoms with van der Waals surface area (Å²) in [5.41, 5.74) is 0. The van der Waals surface area contributed by atoms with Crippen LogP contribution in [-0.4, -0.2) is 33.9 Å². The Kier molecular flexibility index (Phi) is 3.96. The lowest BCUT2D eigenvalue weighted by Crippen LogP contribution is -2.36. The van der Waals surface area contributed by atoms with Crippen molar-refractivity contribution in [2.24, 2.45) is 13.0 Å². The van der Waals surface area contributed by atoms with E-state index in [0.29, 0.717) is 5.92 Å². The molecule has 90 valence electrons. The molecule has 2 heterocycles. The van der Waals surface area contributed by atoms with Crippen LogP contribution < -0.4 is 5.32 Å². The van der Waals surface area contributed by atoms with Gasteiger partial charge in [-0.15, -0.1) is 0 Å². The van der Waals surface area contributed by atoms with E-state index >= 15 is 0 Å². The van der Waals surface area contributed by atoms with Gasteiger partial charge < -0.3 is 15.0 Å². The summed E-state index contributed by atoms with van der Waals surface area (Å²) in [5.74, 6) is 1.48. The summed E-state index contributed by atoms with van der Waals surface area (Å²) in [6.07, 6.45) is 7.58. The second kappa shape index (κ2) is 5.46. The Morgan fingerprint density at radius 3 is 3.19 bits per heavy atom. The van der Waals surface area contributed by atoms with Gasteiger partial charge in [-0.25, -0.2) is 4.98 Å². The predicted octanol–water partition coefficient (Wildman–Crippen LogP) is 0.713. The Morgan fingerprint density at radius 2 is 2.56 bits per heavy atom. The number of hydrogen-bond donors (Lipinski definition) is 2. The molecule has 2 rings (SSSR count). The van der Waals surface area contributed by atoms with Crippen LogP contribution in [0.4, 0.5) is 0 Å². The number of aliphatic hydroxyl groups is 1. The van der Waals surface area contributed by atoms with E-state index in [4.69, 9.17) is 0 Å². The molecule has 1 aliphatic heterocycles. The lowest BCUT2D eigenvalue weighted by Gasteiger charge is -2.27. The van der Waals surface area contributed by atoms with Crippen molar-refractivity contribution >= 4 is 0 Å². The Morgan fingerprint density at radius 1 is 1.69 bits per heavy atom. The summed E-state index contributed by atoms with van der Waals surface area (Å²) in [7, 11) is 2.00. The van der Waals surface area contributed by atoms with Gasteiger partial charge in [-0.2, -0.15) is 0 Å². The van der Waals surface area contributed by atoms with Gasteiger partial charge >= 0.3 is 0 Å². The first-order valence-electron chi connectivity index (χ1n) is 6.12. The Balaban J connectivity index is 1.78. The third-order valence-corrected chi connectivity index (χ3v) is 3.46. The molecule has 1 aromatic rings. The number of aliphatic hydroxyl groups excluding tert-OH is 1. The summed E-state index contributed by atoms with van der Waals surface area (Å²) < 4.78 is 2.02. The molecule has 4 nitrogen and oxygen atoms in total. The standard InChI is InChI=1S/C12H21N3O/c1-15-8-7-14-12(15)5-4-11(16)10-3-2-6-13-9-10/h7-8,10-11,13,16H,2-6,9H2,1H3. The van der Waals surface area contributed by atoms with Crippen molar-refractivity contribution in [3.05, 3.63) is 18.2 Å². The van der Waals surface area contributed by atoms with E-state index in [1.807, 2.05) is 24.0 Å². The second-order valence-electron chi connectivity index (χ2n) is 4.67. The minimum atomic E-state index is -0.190. The molecule has 0 aromatic carbocycles.